The van der Waals surface area contributed by atoms with Gasteiger partial charge in [-0.25, -0.2) is 0 Å². The minimum absolute atomic E-state index is 0.0233. The lowest BCUT2D eigenvalue weighted by Gasteiger charge is -2.39. The highest BCUT2D eigenvalue weighted by atomic mass is 32.2. The molecule has 2 fully saturated rings. The maximum Gasteiger partial charge on any atom is 0.238 e. The van der Waals surface area contributed by atoms with E-state index in [0.29, 0.717) is 13.0 Å². The Bertz CT molecular complexity index is 780. The van der Waals surface area contributed by atoms with Crippen molar-refractivity contribution in [1.82, 2.24) is 15.5 Å². The quantitative estimate of drug-likeness (QED) is 0.644. The summed E-state index contributed by atoms with van der Waals surface area (Å²) in [6.07, 6.45) is 5.67. The second-order valence-corrected chi connectivity index (χ2v) is 9.65. The van der Waals surface area contributed by atoms with E-state index in [0.717, 1.165) is 68.0 Å². The van der Waals surface area contributed by atoms with Gasteiger partial charge < -0.3 is 19.7 Å². The Kier molecular flexibility index (Phi) is 6.73. The number of nitrogens with zero attached hydrogens (tertiary/aromatic N) is 1. The largest absolute Gasteiger partial charge is 0.454 e. The van der Waals surface area contributed by atoms with E-state index < -0.39 is 0 Å². The number of hydrogen-bond acceptors (Lipinski definition) is 6. The van der Waals surface area contributed by atoms with Crippen molar-refractivity contribution in [2.75, 3.05) is 25.6 Å². The van der Waals surface area contributed by atoms with Crippen molar-refractivity contribution in [3.8, 4) is 11.5 Å². The SMILES string of the molecule is CCCCCC(=O)N1CCC2(CC1)NC(C(=O)NCc1ccc3c(c1)OCO3)CS2. The van der Waals surface area contributed by atoms with Gasteiger partial charge in [0.15, 0.2) is 11.5 Å². The van der Waals surface area contributed by atoms with E-state index >= 15 is 0 Å². The molecule has 0 radical (unpaired) electrons. The molecule has 0 aliphatic carbocycles. The molecule has 0 saturated carbocycles. The van der Waals surface area contributed by atoms with E-state index in [2.05, 4.69) is 17.6 Å². The average Bonchev–Trinajstić information content (AvgIpc) is 3.39. The molecule has 1 aromatic carbocycles. The first-order chi connectivity index (χ1) is 14.6. The van der Waals surface area contributed by atoms with Crippen molar-refractivity contribution in [2.45, 2.75) is 62.9 Å². The highest BCUT2D eigenvalue weighted by Crippen LogP contribution is 2.39. The molecule has 1 unspecified atom stereocenters. The Labute approximate surface area is 182 Å². The Morgan fingerprint density at radius 2 is 2.03 bits per heavy atom. The highest BCUT2D eigenvalue weighted by Gasteiger charge is 2.44. The van der Waals surface area contributed by atoms with E-state index in [9.17, 15) is 9.59 Å². The summed E-state index contributed by atoms with van der Waals surface area (Å²) < 4.78 is 10.7. The molecule has 8 heteroatoms. The molecule has 3 aliphatic rings. The van der Waals surface area contributed by atoms with Crippen LogP contribution in [0.2, 0.25) is 0 Å². The summed E-state index contributed by atoms with van der Waals surface area (Å²) >= 11 is 1.83. The summed E-state index contributed by atoms with van der Waals surface area (Å²) in [6, 6.07) is 5.53. The molecule has 0 bridgehead atoms. The molecular formula is C22H31N3O4S. The summed E-state index contributed by atoms with van der Waals surface area (Å²) in [5, 5.41) is 6.60. The highest BCUT2D eigenvalue weighted by molar-refractivity contribution is 8.01. The number of rotatable bonds is 7. The lowest BCUT2D eigenvalue weighted by molar-refractivity contribution is -0.132. The smallest absolute Gasteiger partial charge is 0.238 e. The normalized spacial score (nSPS) is 21.8. The molecule has 7 nitrogen and oxygen atoms in total. The number of unbranched alkanes of at least 4 members (excludes halogenated alkanes) is 2. The van der Waals surface area contributed by atoms with Gasteiger partial charge in [-0.1, -0.05) is 25.8 Å². The van der Waals surface area contributed by atoms with Crippen LogP contribution >= 0.6 is 11.8 Å². The molecule has 0 aromatic heterocycles. The molecule has 1 spiro atoms. The number of thioether (sulfide) groups is 1. The van der Waals surface area contributed by atoms with Gasteiger partial charge in [-0.2, -0.15) is 0 Å². The summed E-state index contributed by atoms with van der Waals surface area (Å²) in [6.45, 7) is 4.41. The van der Waals surface area contributed by atoms with E-state index in [4.69, 9.17) is 9.47 Å². The zero-order valence-electron chi connectivity index (χ0n) is 17.6. The Morgan fingerprint density at radius 1 is 1.23 bits per heavy atom. The van der Waals surface area contributed by atoms with Crippen LogP contribution < -0.4 is 20.1 Å². The van der Waals surface area contributed by atoms with E-state index in [-0.39, 0.29) is 29.5 Å². The van der Waals surface area contributed by atoms with Crippen LogP contribution in [0.1, 0.15) is 51.0 Å². The Hall–Kier alpha value is -1.93. The molecular weight excluding hydrogens is 402 g/mol. The number of ether oxygens (including phenoxy) is 2. The third-order valence-electron chi connectivity index (χ3n) is 6.10. The Morgan fingerprint density at radius 3 is 2.83 bits per heavy atom. The standard InChI is InChI=1S/C22H31N3O4S/c1-2-3-4-5-20(26)25-10-8-22(9-11-25)24-17(14-30-22)21(27)23-13-16-6-7-18-19(12-16)29-15-28-18/h6-7,12,17,24H,2-5,8-11,13-15H2,1H3,(H,23,27). The summed E-state index contributed by atoms with van der Waals surface area (Å²) in [4.78, 5) is 27.0. The number of fused-ring (bicyclic) bond motifs is 1. The molecule has 2 amide bonds. The fraction of sp³-hybridized carbons (Fsp3) is 0.636. The van der Waals surface area contributed by atoms with E-state index in [1.807, 2.05) is 34.9 Å². The second-order valence-electron chi connectivity index (χ2n) is 8.25. The number of nitrogens with one attached hydrogen (secondary N) is 2. The van der Waals surface area contributed by atoms with Gasteiger partial charge in [0.1, 0.15) is 0 Å². The van der Waals surface area contributed by atoms with Crippen LogP contribution in [0.15, 0.2) is 18.2 Å². The fourth-order valence-electron chi connectivity index (χ4n) is 4.24. The van der Waals surface area contributed by atoms with E-state index in [1.54, 1.807) is 0 Å². The first kappa shape index (κ1) is 21.3. The van der Waals surface area contributed by atoms with Crippen LogP contribution in [0.3, 0.4) is 0 Å². The van der Waals surface area contributed by atoms with Crippen LogP contribution in [0.25, 0.3) is 0 Å². The van der Waals surface area contributed by atoms with Gasteiger partial charge in [-0.3, -0.25) is 14.9 Å². The number of carbonyl (C=O) groups excluding carboxylic acids is 2. The van der Waals surface area contributed by atoms with Crippen LogP contribution in [0, 0.1) is 0 Å². The van der Waals surface area contributed by atoms with E-state index in [1.165, 1.54) is 0 Å². The van der Waals surface area contributed by atoms with Crippen LogP contribution in [0.4, 0.5) is 0 Å². The monoisotopic (exact) mass is 433 g/mol. The van der Waals surface area contributed by atoms with Gasteiger partial charge in [0.2, 0.25) is 18.6 Å². The summed E-state index contributed by atoms with van der Waals surface area (Å²) in [5.74, 6) is 2.54. The first-order valence-electron chi connectivity index (χ1n) is 10.9. The molecule has 1 atom stereocenters. The van der Waals surface area contributed by atoms with Crippen molar-refractivity contribution in [2.24, 2.45) is 0 Å². The summed E-state index contributed by atoms with van der Waals surface area (Å²) in [7, 11) is 0. The third kappa shape index (κ3) is 4.86. The zero-order valence-corrected chi connectivity index (χ0v) is 18.4. The molecule has 2 saturated heterocycles. The molecule has 2 N–H and O–H groups in total. The zero-order chi connectivity index (χ0) is 21.0. The molecule has 3 heterocycles. The van der Waals surface area contributed by atoms with Gasteiger partial charge in [0.25, 0.3) is 0 Å². The number of amides is 2. The second kappa shape index (κ2) is 9.47. The van der Waals surface area contributed by atoms with Gasteiger partial charge in [-0.15, -0.1) is 11.8 Å². The summed E-state index contributed by atoms with van der Waals surface area (Å²) in [5.41, 5.74) is 0.989. The van der Waals surface area contributed by atoms with Gasteiger partial charge in [0.05, 0.1) is 10.9 Å². The number of benzene rings is 1. The molecule has 1 aromatic rings. The van der Waals surface area contributed by atoms with Crippen molar-refractivity contribution in [1.29, 1.82) is 0 Å². The van der Waals surface area contributed by atoms with Gasteiger partial charge in [-0.05, 0) is 37.0 Å². The maximum absolute atomic E-state index is 12.7. The maximum atomic E-state index is 12.7. The van der Waals surface area contributed by atoms with Crippen molar-refractivity contribution < 1.29 is 19.1 Å². The van der Waals surface area contributed by atoms with Gasteiger partial charge >= 0.3 is 0 Å². The minimum Gasteiger partial charge on any atom is -0.454 e. The lowest BCUT2D eigenvalue weighted by atomic mass is 10.0. The number of likely N-dealkylation sites (tertiary alicyclic amines) is 1. The predicted molar refractivity (Wildman–Crippen MR) is 116 cm³/mol. The number of hydrogen-bond donors (Lipinski definition) is 2. The number of piperidine rings is 1. The third-order valence-corrected chi connectivity index (χ3v) is 7.68. The van der Waals surface area contributed by atoms with Crippen molar-refractivity contribution >= 4 is 23.6 Å². The minimum atomic E-state index is -0.198. The predicted octanol–water partition coefficient (Wildman–Crippen LogP) is 2.64. The van der Waals surface area contributed by atoms with Crippen LogP contribution in [0.5, 0.6) is 11.5 Å². The van der Waals surface area contributed by atoms with Gasteiger partial charge in [0, 0.05) is 31.8 Å². The average molecular weight is 434 g/mol. The first-order valence-corrected chi connectivity index (χ1v) is 11.9. The fourth-order valence-corrected chi connectivity index (χ4v) is 5.66. The Balaban J connectivity index is 1.22. The number of carbonyl (C=O) groups is 2. The van der Waals surface area contributed by atoms with Crippen LogP contribution in [-0.2, 0) is 16.1 Å². The van der Waals surface area contributed by atoms with Crippen molar-refractivity contribution in [3.05, 3.63) is 23.8 Å². The van der Waals surface area contributed by atoms with Crippen molar-refractivity contribution in [3.63, 3.8) is 0 Å². The molecule has 30 heavy (non-hydrogen) atoms. The van der Waals surface area contributed by atoms with Crippen LogP contribution in [-0.4, -0.2) is 53.3 Å². The molecule has 4 rings (SSSR count). The lowest BCUT2D eigenvalue weighted by Crippen LogP contribution is -2.54. The molecule has 3 aliphatic heterocycles. The topological polar surface area (TPSA) is 79.9 Å². The molecule has 164 valence electrons.